The third-order valence-electron chi connectivity index (χ3n) is 3.03. The molecule has 4 heteroatoms. The van der Waals surface area contributed by atoms with Crippen molar-refractivity contribution in [2.45, 2.75) is 19.5 Å². The predicted octanol–water partition coefficient (Wildman–Crippen LogP) is 3.54. The number of fused-ring (bicyclic) bond motifs is 1. The van der Waals surface area contributed by atoms with Crippen molar-refractivity contribution in [3.05, 3.63) is 59.4 Å². The molecule has 19 heavy (non-hydrogen) atoms. The van der Waals surface area contributed by atoms with E-state index in [2.05, 4.69) is 34.3 Å². The molecule has 0 unspecified atom stereocenters. The summed E-state index contributed by atoms with van der Waals surface area (Å²) in [6, 6.07) is 14.5. The van der Waals surface area contributed by atoms with E-state index >= 15 is 0 Å². The van der Waals surface area contributed by atoms with Gasteiger partial charge in [-0.25, -0.2) is 4.98 Å². The maximum atomic E-state index is 4.61. The molecule has 96 valence electrons. The van der Waals surface area contributed by atoms with E-state index in [1.165, 1.54) is 4.70 Å². The van der Waals surface area contributed by atoms with E-state index in [9.17, 15) is 0 Å². The molecule has 0 radical (unpaired) electrons. The number of nitrogens with zero attached hydrogens (tertiary/aromatic N) is 2. The van der Waals surface area contributed by atoms with Crippen molar-refractivity contribution in [3.8, 4) is 0 Å². The number of aromatic nitrogens is 2. The van der Waals surface area contributed by atoms with Crippen molar-refractivity contribution in [3.63, 3.8) is 0 Å². The number of hydrogen-bond donors (Lipinski definition) is 1. The Bertz CT molecular complexity index is 630. The van der Waals surface area contributed by atoms with Gasteiger partial charge in [0, 0.05) is 18.8 Å². The zero-order valence-electron chi connectivity index (χ0n) is 10.7. The lowest BCUT2D eigenvalue weighted by Gasteiger charge is -2.11. The van der Waals surface area contributed by atoms with Crippen LogP contribution < -0.4 is 5.32 Å². The Labute approximate surface area is 116 Å². The molecule has 0 fully saturated rings. The van der Waals surface area contributed by atoms with Crippen LogP contribution in [0.15, 0.2) is 48.7 Å². The van der Waals surface area contributed by atoms with Crippen LogP contribution in [-0.4, -0.2) is 9.97 Å². The molecule has 2 aromatic heterocycles. The summed E-state index contributed by atoms with van der Waals surface area (Å²) < 4.78 is 1.24. The van der Waals surface area contributed by atoms with Crippen LogP contribution in [0.25, 0.3) is 10.2 Å². The zero-order chi connectivity index (χ0) is 13.1. The molecule has 0 aliphatic heterocycles. The van der Waals surface area contributed by atoms with Gasteiger partial charge in [0.15, 0.2) is 0 Å². The van der Waals surface area contributed by atoms with Gasteiger partial charge in [-0.1, -0.05) is 18.2 Å². The Morgan fingerprint density at radius 3 is 2.79 bits per heavy atom. The van der Waals surface area contributed by atoms with Crippen molar-refractivity contribution in [2.24, 2.45) is 0 Å². The monoisotopic (exact) mass is 269 g/mol. The van der Waals surface area contributed by atoms with Crippen molar-refractivity contribution < 1.29 is 0 Å². The lowest BCUT2D eigenvalue weighted by atomic mass is 10.2. The van der Waals surface area contributed by atoms with Crippen molar-refractivity contribution in [1.82, 2.24) is 15.3 Å². The van der Waals surface area contributed by atoms with Crippen LogP contribution in [-0.2, 0) is 6.54 Å². The summed E-state index contributed by atoms with van der Waals surface area (Å²) >= 11 is 1.74. The van der Waals surface area contributed by atoms with Crippen molar-refractivity contribution in [2.75, 3.05) is 0 Å². The number of benzene rings is 1. The normalized spacial score (nSPS) is 12.7. The van der Waals surface area contributed by atoms with E-state index in [1.54, 1.807) is 11.3 Å². The number of rotatable bonds is 4. The number of hydrogen-bond acceptors (Lipinski definition) is 4. The highest BCUT2D eigenvalue weighted by Gasteiger charge is 2.07. The zero-order valence-corrected chi connectivity index (χ0v) is 11.5. The average molecular weight is 269 g/mol. The lowest BCUT2D eigenvalue weighted by Crippen LogP contribution is -2.18. The Morgan fingerprint density at radius 2 is 2.00 bits per heavy atom. The van der Waals surface area contributed by atoms with Crippen LogP contribution in [0.2, 0.25) is 0 Å². The smallest absolute Gasteiger partial charge is 0.108 e. The molecule has 1 aromatic carbocycles. The molecular weight excluding hydrogens is 254 g/mol. The summed E-state index contributed by atoms with van der Waals surface area (Å²) in [5, 5.41) is 4.58. The molecule has 0 bridgehead atoms. The molecule has 0 saturated heterocycles. The molecule has 0 aliphatic rings. The fourth-order valence-corrected chi connectivity index (χ4v) is 2.89. The molecule has 3 nitrogen and oxygen atoms in total. The van der Waals surface area contributed by atoms with Crippen LogP contribution in [0.3, 0.4) is 0 Å². The quantitative estimate of drug-likeness (QED) is 0.787. The van der Waals surface area contributed by atoms with Gasteiger partial charge in [-0.15, -0.1) is 11.3 Å². The molecule has 3 rings (SSSR count). The van der Waals surface area contributed by atoms with Crippen molar-refractivity contribution in [1.29, 1.82) is 0 Å². The molecular formula is C15H15N3S. The summed E-state index contributed by atoms with van der Waals surface area (Å²) in [6.07, 6.45) is 1.82. The summed E-state index contributed by atoms with van der Waals surface area (Å²) in [6.45, 7) is 2.90. The van der Waals surface area contributed by atoms with E-state index in [1.807, 2.05) is 36.5 Å². The fraction of sp³-hybridized carbons (Fsp3) is 0.200. The van der Waals surface area contributed by atoms with Gasteiger partial charge >= 0.3 is 0 Å². The first-order valence-electron chi connectivity index (χ1n) is 6.32. The van der Waals surface area contributed by atoms with Gasteiger partial charge in [0.05, 0.1) is 15.9 Å². The Kier molecular flexibility index (Phi) is 3.53. The predicted molar refractivity (Wildman–Crippen MR) is 79.1 cm³/mol. The third kappa shape index (κ3) is 2.80. The molecule has 0 amide bonds. The molecule has 0 spiro atoms. The van der Waals surface area contributed by atoms with Gasteiger partial charge in [0.1, 0.15) is 5.01 Å². The standard InChI is InChI=1S/C15H15N3S/c1-11(12-6-4-5-9-16-12)17-10-15-18-13-7-2-3-8-14(13)19-15/h2-9,11,17H,10H2,1H3/t11-/m1/s1. The fourth-order valence-electron chi connectivity index (χ4n) is 1.97. The second-order valence-electron chi connectivity index (χ2n) is 4.43. The Hall–Kier alpha value is -1.78. The largest absolute Gasteiger partial charge is 0.302 e. The highest BCUT2D eigenvalue weighted by Crippen LogP contribution is 2.21. The first-order chi connectivity index (χ1) is 9.33. The maximum Gasteiger partial charge on any atom is 0.108 e. The minimum absolute atomic E-state index is 0.230. The highest BCUT2D eigenvalue weighted by molar-refractivity contribution is 7.18. The topological polar surface area (TPSA) is 37.8 Å². The van der Waals surface area contributed by atoms with Crippen LogP contribution in [0.1, 0.15) is 23.7 Å². The van der Waals surface area contributed by atoms with Crippen molar-refractivity contribution >= 4 is 21.6 Å². The third-order valence-corrected chi connectivity index (χ3v) is 4.07. The molecule has 0 saturated carbocycles. The average Bonchev–Trinajstić information content (AvgIpc) is 2.88. The number of pyridine rings is 1. The lowest BCUT2D eigenvalue weighted by molar-refractivity contribution is 0.560. The minimum atomic E-state index is 0.230. The molecule has 0 aliphatic carbocycles. The maximum absolute atomic E-state index is 4.61. The second kappa shape index (κ2) is 5.47. The van der Waals surface area contributed by atoms with Gasteiger partial charge in [-0.3, -0.25) is 4.98 Å². The molecule has 2 heterocycles. The number of nitrogens with one attached hydrogen (secondary N) is 1. The van der Waals surface area contributed by atoms with E-state index < -0.39 is 0 Å². The highest BCUT2D eigenvalue weighted by atomic mass is 32.1. The first kappa shape index (κ1) is 12.3. The SMILES string of the molecule is C[C@@H](NCc1nc2ccccc2s1)c1ccccn1. The summed E-state index contributed by atoms with van der Waals surface area (Å²) in [4.78, 5) is 8.97. The van der Waals surface area contributed by atoms with Gasteiger partial charge in [0.25, 0.3) is 0 Å². The van der Waals surface area contributed by atoms with Crippen LogP contribution >= 0.6 is 11.3 Å². The van der Waals surface area contributed by atoms with Crippen LogP contribution in [0.4, 0.5) is 0 Å². The second-order valence-corrected chi connectivity index (χ2v) is 5.55. The Morgan fingerprint density at radius 1 is 1.16 bits per heavy atom. The van der Waals surface area contributed by atoms with Gasteiger partial charge in [-0.2, -0.15) is 0 Å². The van der Waals surface area contributed by atoms with E-state index in [0.29, 0.717) is 0 Å². The molecule has 1 N–H and O–H groups in total. The summed E-state index contributed by atoms with van der Waals surface area (Å²) in [7, 11) is 0. The number of thiazole rings is 1. The van der Waals surface area contributed by atoms with Gasteiger partial charge in [0.2, 0.25) is 0 Å². The summed E-state index contributed by atoms with van der Waals surface area (Å²) in [5.74, 6) is 0. The van der Waals surface area contributed by atoms with E-state index in [0.717, 1.165) is 22.8 Å². The van der Waals surface area contributed by atoms with E-state index in [4.69, 9.17) is 0 Å². The summed E-state index contributed by atoms with van der Waals surface area (Å²) in [5.41, 5.74) is 2.14. The molecule has 3 aromatic rings. The van der Waals surface area contributed by atoms with Crippen LogP contribution in [0.5, 0.6) is 0 Å². The van der Waals surface area contributed by atoms with Gasteiger partial charge in [-0.05, 0) is 31.2 Å². The minimum Gasteiger partial charge on any atom is -0.302 e. The Balaban J connectivity index is 1.69. The molecule has 1 atom stereocenters. The van der Waals surface area contributed by atoms with Gasteiger partial charge < -0.3 is 5.32 Å². The van der Waals surface area contributed by atoms with E-state index in [-0.39, 0.29) is 6.04 Å². The number of para-hydroxylation sites is 1. The van der Waals surface area contributed by atoms with Crippen LogP contribution in [0, 0.1) is 0 Å². The first-order valence-corrected chi connectivity index (χ1v) is 7.13.